The first-order valence-corrected chi connectivity index (χ1v) is 11.6. The van der Waals surface area contributed by atoms with Crippen LogP contribution in [-0.2, 0) is 19.5 Å². The first-order valence-electron chi connectivity index (χ1n) is 11.6. The number of nitrogens with one attached hydrogen (secondary N) is 1. The number of rotatable bonds is 5. The van der Waals surface area contributed by atoms with Crippen LogP contribution in [0, 0.1) is 23.1 Å². The fourth-order valence-electron chi connectivity index (χ4n) is 4.59. The van der Waals surface area contributed by atoms with Gasteiger partial charge in [-0.15, -0.1) is 12.4 Å². The van der Waals surface area contributed by atoms with Gasteiger partial charge in [-0.2, -0.15) is 9.65 Å². The smallest absolute Gasteiger partial charge is 0.326 e. The molecule has 0 radical (unpaired) electrons. The topological polar surface area (TPSA) is 74.0 Å². The van der Waals surface area contributed by atoms with Gasteiger partial charge in [0.2, 0.25) is 5.95 Å². The lowest BCUT2D eigenvalue weighted by Crippen LogP contribution is -2.34. The van der Waals surface area contributed by atoms with E-state index in [0.29, 0.717) is 30.6 Å². The molecule has 37 heavy (non-hydrogen) atoms. The average Bonchev–Trinajstić information content (AvgIpc) is 3.21. The molecule has 6 nitrogen and oxygen atoms in total. The maximum absolute atomic E-state index is 13.4. The average molecular weight is 520 g/mol. The highest BCUT2D eigenvalue weighted by atomic mass is 35.5. The Labute approximate surface area is 219 Å². The summed E-state index contributed by atoms with van der Waals surface area (Å²) in [4.78, 5) is 19.1. The first kappa shape index (κ1) is 26.0. The molecule has 0 saturated carbocycles. The first-order chi connectivity index (χ1) is 17.5. The molecule has 2 aromatic heterocycles. The summed E-state index contributed by atoms with van der Waals surface area (Å²) >= 11 is 0. The molecular formula is C28H24ClF2N5O. The molecule has 0 bridgehead atoms. The summed E-state index contributed by atoms with van der Waals surface area (Å²) in [6.45, 7) is 2.25. The lowest BCUT2D eigenvalue weighted by Gasteiger charge is -2.27. The van der Waals surface area contributed by atoms with E-state index in [4.69, 9.17) is 0 Å². The largest absolute Gasteiger partial charge is 0.333 e. The Hall–Kier alpha value is -4.06. The molecule has 1 aliphatic heterocycles. The maximum Gasteiger partial charge on any atom is 0.326 e. The van der Waals surface area contributed by atoms with Gasteiger partial charge in [0.05, 0.1) is 17.1 Å². The van der Waals surface area contributed by atoms with E-state index in [1.807, 2.05) is 18.2 Å². The summed E-state index contributed by atoms with van der Waals surface area (Å²) in [5, 5.41) is 13.2. The van der Waals surface area contributed by atoms with E-state index < -0.39 is 5.95 Å². The Bertz CT molecular complexity index is 1510. The predicted molar refractivity (Wildman–Crippen MR) is 140 cm³/mol. The van der Waals surface area contributed by atoms with Gasteiger partial charge in [-0.05, 0) is 59.2 Å². The SMILES string of the molecule is Cl.N#Cc1ccc2c(c1)c1c(n2C(=O)NCc2ccnc(F)c2)CCN(C/C=C/c2ccc(F)cc2)C1. The Balaban J connectivity index is 0.00000320. The Morgan fingerprint density at radius 2 is 1.95 bits per heavy atom. The Kier molecular flexibility index (Phi) is 7.97. The number of benzene rings is 2. The fraction of sp³-hybridized carbons (Fsp3) is 0.179. The second-order valence-electron chi connectivity index (χ2n) is 8.69. The zero-order chi connectivity index (χ0) is 25.1. The van der Waals surface area contributed by atoms with Crippen LogP contribution in [0.15, 0.2) is 66.9 Å². The number of amides is 1. The third-order valence-corrected chi connectivity index (χ3v) is 6.34. The predicted octanol–water partition coefficient (Wildman–Crippen LogP) is 5.44. The number of hydrogen-bond donors (Lipinski definition) is 1. The van der Waals surface area contributed by atoms with Gasteiger partial charge in [-0.1, -0.05) is 24.3 Å². The molecule has 0 atom stereocenters. The van der Waals surface area contributed by atoms with E-state index in [1.54, 1.807) is 34.9 Å². The van der Waals surface area contributed by atoms with Crippen molar-refractivity contribution in [2.75, 3.05) is 13.1 Å². The quantitative estimate of drug-likeness (QED) is 0.356. The van der Waals surface area contributed by atoms with Crippen molar-refractivity contribution in [3.05, 3.63) is 107 Å². The highest BCUT2D eigenvalue weighted by Gasteiger charge is 2.26. The zero-order valence-electron chi connectivity index (χ0n) is 19.8. The molecule has 4 aromatic rings. The lowest BCUT2D eigenvalue weighted by atomic mass is 10.0. The molecule has 3 heterocycles. The van der Waals surface area contributed by atoms with Crippen LogP contribution < -0.4 is 5.32 Å². The number of carbonyl (C=O) groups excluding carboxylic acids is 1. The van der Waals surface area contributed by atoms with E-state index in [-0.39, 0.29) is 30.8 Å². The van der Waals surface area contributed by atoms with Crippen molar-refractivity contribution in [3.8, 4) is 6.07 Å². The number of carbonyl (C=O) groups is 1. The van der Waals surface area contributed by atoms with Crippen molar-refractivity contribution >= 4 is 35.4 Å². The fourth-order valence-corrected chi connectivity index (χ4v) is 4.59. The number of fused-ring (bicyclic) bond motifs is 3. The van der Waals surface area contributed by atoms with Gasteiger partial charge in [0.25, 0.3) is 0 Å². The molecule has 1 amide bonds. The number of aromatic nitrogens is 2. The summed E-state index contributed by atoms with van der Waals surface area (Å²) in [5.74, 6) is -0.857. The third-order valence-electron chi connectivity index (χ3n) is 6.34. The van der Waals surface area contributed by atoms with Crippen LogP contribution in [0.4, 0.5) is 13.6 Å². The van der Waals surface area contributed by atoms with Crippen LogP contribution in [0.2, 0.25) is 0 Å². The van der Waals surface area contributed by atoms with Crippen LogP contribution in [0.3, 0.4) is 0 Å². The summed E-state index contributed by atoms with van der Waals surface area (Å²) in [7, 11) is 0. The van der Waals surface area contributed by atoms with Crippen molar-refractivity contribution in [3.63, 3.8) is 0 Å². The standard InChI is InChI=1S/C28H23F2N5O.ClH/c29-22-6-3-19(4-7-22)2-1-12-34-13-10-26-24(18-34)23-14-20(16-31)5-8-25(23)35(26)28(36)33-17-21-9-11-32-27(30)15-21;/h1-9,11,14-15H,10,12-13,17-18H2,(H,33,36);1H/b2-1+;. The maximum atomic E-state index is 13.4. The summed E-state index contributed by atoms with van der Waals surface area (Å²) < 4.78 is 28.2. The van der Waals surface area contributed by atoms with E-state index in [9.17, 15) is 18.8 Å². The number of hydrogen-bond acceptors (Lipinski definition) is 4. The van der Waals surface area contributed by atoms with E-state index >= 15 is 0 Å². The molecule has 1 aliphatic rings. The lowest BCUT2D eigenvalue weighted by molar-refractivity contribution is 0.240. The van der Waals surface area contributed by atoms with Crippen molar-refractivity contribution < 1.29 is 13.6 Å². The highest BCUT2D eigenvalue weighted by molar-refractivity contribution is 5.96. The van der Waals surface area contributed by atoms with Crippen LogP contribution >= 0.6 is 12.4 Å². The van der Waals surface area contributed by atoms with Gasteiger partial charge < -0.3 is 5.32 Å². The minimum atomic E-state index is -0.594. The molecule has 0 unspecified atom stereocenters. The van der Waals surface area contributed by atoms with Crippen molar-refractivity contribution in [1.29, 1.82) is 5.26 Å². The Morgan fingerprint density at radius 1 is 1.14 bits per heavy atom. The number of nitrogens with zero attached hydrogens (tertiary/aromatic N) is 4. The molecule has 5 rings (SSSR count). The molecule has 0 aliphatic carbocycles. The van der Waals surface area contributed by atoms with Crippen molar-refractivity contribution in [2.45, 2.75) is 19.5 Å². The molecule has 0 saturated heterocycles. The third kappa shape index (κ3) is 5.69. The van der Waals surface area contributed by atoms with Gasteiger partial charge >= 0.3 is 6.03 Å². The van der Waals surface area contributed by atoms with Crippen molar-refractivity contribution in [2.24, 2.45) is 0 Å². The van der Waals surface area contributed by atoms with Crippen molar-refractivity contribution in [1.82, 2.24) is 19.8 Å². The number of pyridine rings is 1. The zero-order valence-corrected chi connectivity index (χ0v) is 20.6. The molecular weight excluding hydrogens is 496 g/mol. The number of nitriles is 1. The molecule has 9 heteroatoms. The van der Waals surface area contributed by atoms with Gasteiger partial charge in [-0.25, -0.2) is 14.2 Å². The molecule has 0 spiro atoms. The van der Waals surface area contributed by atoms with Gasteiger partial charge in [0.1, 0.15) is 5.82 Å². The summed E-state index contributed by atoms with van der Waals surface area (Å²) in [6, 6.07) is 16.5. The van der Waals surface area contributed by atoms with E-state index in [1.165, 1.54) is 24.4 Å². The molecule has 0 fully saturated rings. The second-order valence-corrected chi connectivity index (χ2v) is 8.69. The second kappa shape index (κ2) is 11.3. The monoisotopic (exact) mass is 519 g/mol. The minimum absolute atomic E-state index is 0. The Morgan fingerprint density at radius 3 is 2.70 bits per heavy atom. The minimum Gasteiger partial charge on any atom is -0.333 e. The van der Waals surface area contributed by atoms with E-state index in [0.717, 1.165) is 34.3 Å². The van der Waals surface area contributed by atoms with Crippen LogP contribution in [0.25, 0.3) is 17.0 Å². The van der Waals surface area contributed by atoms with Gasteiger partial charge in [-0.3, -0.25) is 9.47 Å². The molecule has 2 aromatic carbocycles. The molecule has 1 N–H and O–H groups in total. The van der Waals surface area contributed by atoms with Crippen LogP contribution in [0.1, 0.15) is 27.9 Å². The molecule has 188 valence electrons. The van der Waals surface area contributed by atoms with Gasteiger partial charge in [0.15, 0.2) is 0 Å². The summed E-state index contributed by atoms with van der Waals surface area (Å²) in [6.07, 6.45) is 6.03. The van der Waals surface area contributed by atoms with Crippen LogP contribution in [-0.4, -0.2) is 33.6 Å². The van der Waals surface area contributed by atoms with Gasteiger partial charge in [0, 0.05) is 49.9 Å². The van der Waals surface area contributed by atoms with Crippen LogP contribution in [0.5, 0.6) is 0 Å². The summed E-state index contributed by atoms with van der Waals surface area (Å²) in [5.41, 5.74) is 4.75. The highest BCUT2D eigenvalue weighted by Crippen LogP contribution is 2.31. The number of halogens is 3. The normalized spacial score (nSPS) is 13.2. The van der Waals surface area contributed by atoms with E-state index in [2.05, 4.69) is 21.3 Å².